The zero-order valence-corrected chi connectivity index (χ0v) is 12.7. The SMILES string of the molecule is CCCC1(C(=O)O)CCN(c2nnc(C)c(C)c2C#N)C1. The Morgan fingerprint density at radius 2 is 2.19 bits per heavy atom. The van der Waals surface area contributed by atoms with Crippen LogP contribution in [-0.2, 0) is 4.79 Å². The van der Waals surface area contributed by atoms with E-state index in [-0.39, 0.29) is 0 Å². The first-order chi connectivity index (χ1) is 9.95. The summed E-state index contributed by atoms with van der Waals surface area (Å²) in [4.78, 5) is 13.5. The Morgan fingerprint density at radius 1 is 1.48 bits per heavy atom. The minimum Gasteiger partial charge on any atom is -0.481 e. The number of rotatable bonds is 4. The van der Waals surface area contributed by atoms with Gasteiger partial charge in [-0.3, -0.25) is 4.79 Å². The van der Waals surface area contributed by atoms with E-state index in [9.17, 15) is 15.2 Å². The van der Waals surface area contributed by atoms with Gasteiger partial charge in [0.05, 0.1) is 11.1 Å². The molecule has 1 unspecified atom stereocenters. The Labute approximate surface area is 124 Å². The molecule has 2 heterocycles. The number of carboxylic acids is 1. The lowest BCUT2D eigenvalue weighted by molar-refractivity contribution is -0.148. The topological polar surface area (TPSA) is 90.1 Å². The van der Waals surface area contributed by atoms with Gasteiger partial charge in [0.1, 0.15) is 11.6 Å². The van der Waals surface area contributed by atoms with Crippen molar-refractivity contribution in [2.24, 2.45) is 5.41 Å². The van der Waals surface area contributed by atoms with Crippen LogP contribution in [0.25, 0.3) is 0 Å². The Kier molecular flexibility index (Phi) is 4.12. The normalized spacial score (nSPS) is 21.3. The number of hydrogen-bond acceptors (Lipinski definition) is 5. The molecule has 0 bridgehead atoms. The van der Waals surface area contributed by atoms with Crippen LogP contribution in [0.1, 0.15) is 43.0 Å². The lowest BCUT2D eigenvalue weighted by Crippen LogP contribution is -2.35. The number of hydrogen-bond donors (Lipinski definition) is 1. The van der Waals surface area contributed by atoms with Crippen molar-refractivity contribution in [3.63, 3.8) is 0 Å². The van der Waals surface area contributed by atoms with Crippen molar-refractivity contribution in [3.05, 3.63) is 16.8 Å². The minimum atomic E-state index is -0.762. The number of aliphatic carboxylic acids is 1. The van der Waals surface area contributed by atoms with E-state index in [0.29, 0.717) is 37.3 Å². The van der Waals surface area contributed by atoms with Crippen LogP contribution < -0.4 is 4.90 Å². The maximum Gasteiger partial charge on any atom is 0.311 e. The molecule has 1 aromatic heterocycles. The van der Waals surface area contributed by atoms with Crippen LogP contribution in [0.3, 0.4) is 0 Å². The summed E-state index contributed by atoms with van der Waals surface area (Å²) < 4.78 is 0. The molecule has 1 aliphatic rings. The molecule has 1 aliphatic heterocycles. The maximum absolute atomic E-state index is 11.6. The summed E-state index contributed by atoms with van der Waals surface area (Å²) in [7, 11) is 0. The smallest absolute Gasteiger partial charge is 0.311 e. The molecule has 0 saturated carbocycles. The lowest BCUT2D eigenvalue weighted by atomic mass is 9.83. The zero-order chi connectivity index (χ0) is 15.6. The predicted octanol–water partition coefficient (Wildman–Crippen LogP) is 2.05. The van der Waals surface area contributed by atoms with Crippen LogP contribution in [0, 0.1) is 30.6 Å². The molecule has 1 saturated heterocycles. The van der Waals surface area contributed by atoms with Crippen LogP contribution in [-0.4, -0.2) is 34.4 Å². The predicted molar refractivity (Wildman–Crippen MR) is 78.0 cm³/mol. The maximum atomic E-state index is 11.6. The monoisotopic (exact) mass is 288 g/mol. The first kappa shape index (κ1) is 15.2. The van der Waals surface area contributed by atoms with E-state index in [2.05, 4.69) is 16.3 Å². The van der Waals surface area contributed by atoms with Crippen molar-refractivity contribution < 1.29 is 9.90 Å². The van der Waals surface area contributed by atoms with Crippen LogP contribution in [0.4, 0.5) is 5.82 Å². The van der Waals surface area contributed by atoms with Gasteiger partial charge >= 0.3 is 5.97 Å². The molecular formula is C15H20N4O2. The molecular weight excluding hydrogens is 268 g/mol. The molecule has 1 N–H and O–H groups in total. The molecule has 1 fully saturated rings. The van der Waals surface area contributed by atoms with Gasteiger partial charge in [-0.05, 0) is 32.3 Å². The van der Waals surface area contributed by atoms with E-state index in [1.165, 1.54) is 0 Å². The average Bonchev–Trinajstić information content (AvgIpc) is 2.87. The minimum absolute atomic E-state index is 0.391. The highest BCUT2D eigenvalue weighted by Gasteiger charge is 2.45. The molecule has 0 radical (unpaired) electrons. The van der Waals surface area contributed by atoms with Gasteiger partial charge in [-0.2, -0.15) is 10.4 Å². The largest absolute Gasteiger partial charge is 0.481 e. The third-order valence-corrected chi connectivity index (χ3v) is 4.38. The Balaban J connectivity index is 2.36. The first-order valence-corrected chi connectivity index (χ1v) is 7.17. The summed E-state index contributed by atoms with van der Waals surface area (Å²) in [6, 6.07) is 2.18. The van der Waals surface area contributed by atoms with E-state index >= 15 is 0 Å². The standard InChI is InChI=1S/C15H20N4O2/c1-4-5-15(14(20)21)6-7-19(9-15)13-12(8-16)10(2)11(3)17-18-13/h4-7,9H2,1-3H3,(H,20,21). The molecule has 0 aromatic carbocycles. The average molecular weight is 288 g/mol. The van der Waals surface area contributed by atoms with E-state index in [1.807, 2.05) is 25.7 Å². The fourth-order valence-electron chi connectivity index (χ4n) is 2.97. The van der Waals surface area contributed by atoms with Gasteiger partial charge < -0.3 is 10.0 Å². The fourth-order valence-corrected chi connectivity index (χ4v) is 2.97. The van der Waals surface area contributed by atoms with Crippen LogP contribution >= 0.6 is 0 Å². The molecule has 1 atom stereocenters. The first-order valence-electron chi connectivity index (χ1n) is 7.17. The fraction of sp³-hybridized carbons (Fsp3) is 0.600. The number of carboxylic acid groups (broad SMARTS) is 1. The second-order valence-electron chi connectivity index (χ2n) is 5.73. The quantitative estimate of drug-likeness (QED) is 0.911. The van der Waals surface area contributed by atoms with Crippen molar-refractivity contribution in [2.75, 3.05) is 18.0 Å². The van der Waals surface area contributed by atoms with Gasteiger partial charge in [0, 0.05) is 13.1 Å². The van der Waals surface area contributed by atoms with Crippen LogP contribution in [0.15, 0.2) is 0 Å². The zero-order valence-electron chi connectivity index (χ0n) is 12.7. The van der Waals surface area contributed by atoms with Crippen molar-refractivity contribution >= 4 is 11.8 Å². The molecule has 6 heteroatoms. The molecule has 6 nitrogen and oxygen atoms in total. The highest BCUT2D eigenvalue weighted by molar-refractivity contribution is 5.77. The van der Waals surface area contributed by atoms with Gasteiger partial charge in [-0.15, -0.1) is 5.10 Å². The summed E-state index contributed by atoms with van der Waals surface area (Å²) in [6.07, 6.45) is 2.04. The third kappa shape index (κ3) is 2.56. The second-order valence-corrected chi connectivity index (χ2v) is 5.73. The van der Waals surface area contributed by atoms with Crippen molar-refractivity contribution in [1.82, 2.24) is 10.2 Å². The van der Waals surface area contributed by atoms with Crippen molar-refractivity contribution in [2.45, 2.75) is 40.0 Å². The lowest BCUT2D eigenvalue weighted by Gasteiger charge is -2.25. The summed E-state index contributed by atoms with van der Waals surface area (Å²) in [5.41, 5.74) is 1.31. The number of aryl methyl sites for hydroxylation is 1. The highest BCUT2D eigenvalue weighted by Crippen LogP contribution is 2.38. The van der Waals surface area contributed by atoms with E-state index in [4.69, 9.17) is 0 Å². The van der Waals surface area contributed by atoms with Gasteiger partial charge in [-0.1, -0.05) is 13.3 Å². The molecule has 0 spiro atoms. The van der Waals surface area contributed by atoms with Crippen molar-refractivity contribution in [1.29, 1.82) is 5.26 Å². The third-order valence-electron chi connectivity index (χ3n) is 4.38. The number of anilines is 1. The Morgan fingerprint density at radius 3 is 2.76 bits per heavy atom. The number of nitrogens with zero attached hydrogens (tertiary/aromatic N) is 4. The van der Waals surface area contributed by atoms with E-state index in [1.54, 1.807) is 0 Å². The second kappa shape index (κ2) is 5.68. The molecule has 0 amide bonds. The number of carbonyl (C=O) groups is 1. The van der Waals surface area contributed by atoms with E-state index in [0.717, 1.165) is 17.7 Å². The molecule has 21 heavy (non-hydrogen) atoms. The van der Waals surface area contributed by atoms with E-state index < -0.39 is 11.4 Å². The summed E-state index contributed by atoms with van der Waals surface area (Å²) in [5.74, 6) is -0.248. The van der Waals surface area contributed by atoms with Gasteiger partial charge in [0.15, 0.2) is 5.82 Å². The summed E-state index contributed by atoms with van der Waals surface area (Å²) >= 11 is 0. The molecule has 0 aliphatic carbocycles. The van der Waals surface area contributed by atoms with Gasteiger partial charge in [0.2, 0.25) is 0 Å². The van der Waals surface area contributed by atoms with Crippen LogP contribution in [0.2, 0.25) is 0 Å². The van der Waals surface area contributed by atoms with Gasteiger partial charge in [-0.25, -0.2) is 0 Å². The van der Waals surface area contributed by atoms with Crippen LogP contribution in [0.5, 0.6) is 0 Å². The molecule has 112 valence electrons. The molecule has 1 aromatic rings. The van der Waals surface area contributed by atoms with Crippen molar-refractivity contribution in [3.8, 4) is 6.07 Å². The Hall–Kier alpha value is -2.16. The summed E-state index contributed by atoms with van der Waals surface area (Å²) in [5, 5.41) is 27.1. The number of nitriles is 1. The summed E-state index contributed by atoms with van der Waals surface area (Å²) in [6.45, 7) is 6.64. The molecule has 2 rings (SSSR count). The van der Waals surface area contributed by atoms with Gasteiger partial charge in [0.25, 0.3) is 0 Å². The number of aromatic nitrogens is 2. The highest BCUT2D eigenvalue weighted by atomic mass is 16.4. The Bertz CT molecular complexity index is 608.